The zero-order valence-corrected chi connectivity index (χ0v) is 15.0. The maximum absolute atomic E-state index is 9.89. The largest absolute Gasteiger partial charge is 0.493 e. The summed E-state index contributed by atoms with van der Waals surface area (Å²) in [6.45, 7) is 3.05. The number of methoxy groups -OCH3 is 1. The van der Waals surface area contributed by atoms with Crippen molar-refractivity contribution in [2.24, 2.45) is 4.99 Å². The fourth-order valence-electron chi connectivity index (χ4n) is 2.47. The van der Waals surface area contributed by atoms with Crippen molar-refractivity contribution in [3.8, 4) is 17.6 Å². The lowest BCUT2D eigenvalue weighted by Gasteiger charge is -2.27. The highest BCUT2D eigenvalue weighted by molar-refractivity contribution is 5.68. The third-order valence-corrected chi connectivity index (χ3v) is 3.84. The Kier molecular flexibility index (Phi) is 6.39. The number of rotatable bonds is 7. The maximum atomic E-state index is 9.89. The van der Waals surface area contributed by atoms with Crippen LogP contribution in [0.3, 0.4) is 0 Å². The van der Waals surface area contributed by atoms with Crippen molar-refractivity contribution >= 4 is 12.0 Å². The van der Waals surface area contributed by atoms with E-state index in [1.807, 2.05) is 32.0 Å². The van der Waals surface area contributed by atoms with E-state index in [1.54, 1.807) is 29.4 Å². The van der Waals surface area contributed by atoms with Crippen molar-refractivity contribution in [3.63, 3.8) is 0 Å². The molecule has 7 heteroatoms. The molecule has 1 unspecified atom stereocenters. The lowest BCUT2D eigenvalue weighted by atomic mass is 10.1. The number of aliphatic hydroxyl groups excluding tert-OH is 1. The third-order valence-electron chi connectivity index (χ3n) is 3.84. The van der Waals surface area contributed by atoms with Crippen LogP contribution in [-0.4, -0.2) is 67.9 Å². The minimum Gasteiger partial charge on any atom is -0.493 e. The van der Waals surface area contributed by atoms with E-state index in [0.717, 1.165) is 0 Å². The Balaban J connectivity index is 2.18. The Labute approximate surface area is 148 Å². The lowest BCUT2D eigenvalue weighted by molar-refractivity contribution is 0.0198. The molecule has 1 aliphatic rings. The van der Waals surface area contributed by atoms with Gasteiger partial charge in [0.1, 0.15) is 18.9 Å². The Morgan fingerprint density at radius 2 is 2.24 bits per heavy atom. The van der Waals surface area contributed by atoms with E-state index in [9.17, 15) is 10.4 Å². The highest BCUT2D eigenvalue weighted by Gasteiger charge is 2.23. The van der Waals surface area contributed by atoms with Gasteiger partial charge in [0.2, 0.25) is 0 Å². The van der Waals surface area contributed by atoms with Crippen molar-refractivity contribution in [2.75, 3.05) is 34.4 Å². The summed E-state index contributed by atoms with van der Waals surface area (Å²) in [4.78, 5) is 8.02. The highest BCUT2D eigenvalue weighted by Crippen LogP contribution is 2.35. The molecule has 0 aromatic heterocycles. The smallest absolute Gasteiger partial charge is 0.163 e. The highest BCUT2D eigenvalue weighted by atomic mass is 16.5. The molecule has 0 radical (unpaired) electrons. The number of hydrogen-bond donors (Lipinski definition) is 1. The van der Waals surface area contributed by atoms with Crippen LogP contribution in [0.1, 0.15) is 12.5 Å². The molecule has 0 spiro atoms. The molecule has 1 aromatic rings. The topological polar surface area (TPSA) is 81.3 Å². The molecular formula is C18H24N4O3. The molecule has 25 heavy (non-hydrogen) atoms. The summed E-state index contributed by atoms with van der Waals surface area (Å²) in [7, 11) is 5.24. The molecule has 1 aliphatic heterocycles. The minimum atomic E-state index is -0.582. The lowest BCUT2D eigenvalue weighted by Crippen LogP contribution is -2.41. The van der Waals surface area contributed by atoms with Crippen molar-refractivity contribution in [1.82, 2.24) is 9.80 Å². The van der Waals surface area contributed by atoms with Crippen LogP contribution in [0.15, 0.2) is 29.3 Å². The third kappa shape index (κ3) is 4.72. The van der Waals surface area contributed by atoms with Crippen LogP contribution in [0.5, 0.6) is 11.5 Å². The fraction of sp³-hybridized carbons (Fsp3) is 0.444. The first-order chi connectivity index (χ1) is 12.0. The van der Waals surface area contributed by atoms with Gasteiger partial charge in [0, 0.05) is 38.8 Å². The fourth-order valence-corrected chi connectivity index (χ4v) is 2.47. The molecule has 0 aliphatic carbocycles. The quantitative estimate of drug-likeness (QED) is 0.461. The van der Waals surface area contributed by atoms with Gasteiger partial charge in [-0.3, -0.25) is 4.90 Å². The summed E-state index contributed by atoms with van der Waals surface area (Å²) in [5.41, 5.74) is 0.928. The van der Waals surface area contributed by atoms with Crippen molar-refractivity contribution < 1.29 is 14.6 Å². The normalized spacial score (nSPS) is 18.3. The molecule has 1 N–H and O–H groups in total. The molecule has 1 aromatic carbocycles. The second kappa shape index (κ2) is 8.51. The van der Waals surface area contributed by atoms with Crippen LogP contribution in [0.4, 0.5) is 5.69 Å². The molecule has 1 heterocycles. The van der Waals surface area contributed by atoms with E-state index in [2.05, 4.69) is 11.1 Å². The predicted octanol–water partition coefficient (Wildman–Crippen LogP) is 1.75. The molecular weight excluding hydrogens is 320 g/mol. The first-order valence-electron chi connectivity index (χ1n) is 8.02. The minimum absolute atomic E-state index is 0.0130. The second-order valence-corrected chi connectivity index (χ2v) is 6.04. The predicted molar refractivity (Wildman–Crippen MR) is 96.4 cm³/mol. The first-order valence-corrected chi connectivity index (χ1v) is 8.02. The van der Waals surface area contributed by atoms with Gasteiger partial charge in [-0.15, -0.1) is 0 Å². The average molecular weight is 344 g/mol. The Morgan fingerprint density at radius 3 is 2.80 bits per heavy atom. The van der Waals surface area contributed by atoms with Gasteiger partial charge in [0.05, 0.1) is 24.7 Å². The molecule has 2 rings (SSSR count). The van der Waals surface area contributed by atoms with Crippen molar-refractivity contribution in [2.45, 2.75) is 19.2 Å². The summed E-state index contributed by atoms with van der Waals surface area (Å²) in [5, 5.41) is 19.2. The molecule has 0 saturated carbocycles. The number of aliphatic imine (C=N–C) groups is 1. The van der Waals surface area contributed by atoms with Gasteiger partial charge in [-0.25, -0.2) is 4.99 Å². The van der Waals surface area contributed by atoms with Crippen LogP contribution >= 0.6 is 0 Å². The number of benzene rings is 1. The number of hydrogen-bond acceptors (Lipinski definition) is 6. The number of ether oxygens (including phenoxy) is 2. The maximum Gasteiger partial charge on any atom is 0.163 e. The first kappa shape index (κ1) is 18.8. The number of aliphatic hydroxyl groups is 1. The molecule has 134 valence electrons. The van der Waals surface area contributed by atoms with Gasteiger partial charge in [0.15, 0.2) is 11.5 Å². The Hall–Kier alpha value is -2.56. The molecule has 0 amide bonds. The zero-order valence-electron chi connectivity index (χ0n) is 15.0. The van der Waals surface area contributed by atoms with E-state index in [0.29, 0.717) is 35.9 Å². The van der Waals surface area contributed by atoms with E-state index in [4.69, 9.17) is 9.47 Å². The summed E-state index contributed by atoms with van der Waals surface area (Å²) in [6, 6.07) is 5.45. The molecule has 7 nitrogen and oxygen atoms in total. The molecule has 2 atom stereocenters. The summed E-state index contributed by atoms with van der Waals surface area (Å²) in [6.07, 6.45) is 4.73. The van der Waals surface area contributed by atoms with Gasteiger partial charge < -0.3 is 19.5 Å². The Morgan fingerprint density at radius 1 is 1.48 bits per heavy atom. The van der Waals surface area contributed by atoms with Gasteiger partial charge in [-0.05, 0) is 13.0 Å². The second-order valence-electron chi connectivity index (χ2n) is 6.04. The van der Waals surface area contributed by atoms with E-state index in [1.165, 1.54) is 7.11 Å². The summed E-state index contributed by atoms with van der Waals surface area (Å²) < 4.78 is 11.2. The van der Waals surface area contributed by atoms with Crippen LogP contribution < -0.4 is 9.47 Å². The number of nitrogens with zero attached hydrogens (tertiary/aromatic N) is 4. The van der Waals surface area contributed by atoms with E-state index < -0.39 is 6.23 Å². The van der Waals surface area contributed by atoms with Crippen LogP contribution in [0.25, 0.3) is 0 Å². The van der Waals surface area contributed by atoms with Gasteiger partial charge in [0.25, 0.3) is 0 Å². The van der Waals surface area contributed by atoms with Crippen molar-refractivity contribution in [3.05, 3.63) is 29.8 Å². The average Bonchev–Trinajstić information content (AvgIpc) is 3.03. The van der Waals surface area contributed by atoms with Gasteiger partial charge in [-0.2, -0.15) is 5.26 Å². The van der Waals surface area contributed by atoms with Gasteiger partial charge in [-0.1, -0.05) is 6.08 Å². The van der Waals surface area contributed by atoms with Gasteiger partial charge >= 0.3 is 0 Å². The van der Waals surface area contributed by atoms with E-state index >= 15 is 0 Å². The summed E-state index contributed by atoms with van der Waals surface area (Å²) in [5.74, 6) is 0.994. The molecule has 0 fully saturated rings. The monoisotopic (exact) mass is 344 g/mol. The molecule has 0 saturated heterocycles. The van der Waals surface area contributed by atoms with Crippen molar-refractivity contribution in [1.29, 1.82) is 5.26 Å². The van der Waals surface area contributed by atoms with Crippen LogP contribution in [0.2, 0.25) is 0 Å². The SMILES string of the molecule is COc1cc(C#N)c(N=CN(C)C)cc1OC[C@H](C)N1CC=CC1O. The van der Waals surface area contributed by atoms with Crippen LogP contribution in [-0.2, 0) is 0 Å². The summed E-state index contributed by atoms with van der Waals surface area (Å²) >= 11 is 0. The van der Waals surface area contributed by atoms with Crippen LogP contribution in [0, 0.1) is 11.3 Å². The number of nitriles is 1. The standard InChI is InChI=1S/C18H24N4O3/c1-13(22-7-5-6-18(22)23)11-25-17-9-15(20-12-21(2)3)14(10-19)8-16(17)24-4/h5-6,8-9,12-13,18,23H,7,11H2,1-4H3/t13-,18?/m0/s1. The zero-order chi connectivity index (χ0) is 18.4. The van der Waals surface area contributed by atoms with E-state index in [-0.39, 0.29) is 6.04 Å². The Bertz CT molecular complexity index is 694. The molecule has 0 bridgehead atoms.